The summed E-state index contributed by atoms with van der Waals surface area (Å²) in [6, 6.07) is 4.90. The van der Waals surface area contributed by atoms with E-state index < -0.39 is 10.0 Å². The molecule has 0 unspecified atom stereocenters. The van der Waals surface area contributed by atoms with E-state index in [-0.39, 0.29) is 10.9 Å². The first kappa shape index (κ1) is 14.1. The Hall–Kier alpha value is -2.35. The molecule has 0 saturated heterocycles. The highest BCUT2D eigenvalue weighted by molar-refractivity contribution is 7.92. The molecule has 20 heavy (non-hydrogen) atoms. The number of rotatable bonds is 4. The molecule has 1 aromatic heterocycles. The number of benzene rings is 1. The van der Waals surface area contributed by atoms with Crippen LogP contribution < -0.4 is 10.0 Å². The van der Waals surface area contributed by atoms with E-state index in [1.54, 1.807) is 18.2 Å². The zero-order valence-electron chi connectivity index (χ0n) is 11.0. The van der Waals surface area contributed by atoms with Gasteiger partial charge in [0, 0.05) is 12.6 Å². The standard InChI is InChI=1S/C12H14N4O3S/c1-8-3-4-10(5-11(8)15-9(2)17)16-20(18,19)12-6-13-7-14-12/h3-7,16H,1-2H3,(H,13,14)(H,15,17). The van der Waals surface area contributed by atoms with Crippen LogP contribution in [0.15, 0.2) is 35.7 Å². The Morgan fingerprint density at radius 1 is 1.35 bits per heavy atom. The number of anilines is 2. The minimum absolute atomic E-state index is 0.0286. The lowest BCUT2D eigenvalue weighted by atomic mass is 10.2. The van der Waals surface area contributed by atoms with E-state index >= 15 is 0 Å². The number of H-pyrrole nitrogens is 1. The van der Waals surface area contributed by atoms with Crippen molar-refractivity contribution in [2.45, 2.75) is 18.9 Å². The summed E-state index contributed by atoms with van der Waals surface area (Å²) >= 11 is 0. The molecule has 8 heteroatoms. The SMILES string of the molecule is CC(=O)Nc1cc(NS(=O)(=O)c2cnc[nH]2)ccc1C. The second kappa shape index (κ2) is 5.33. The van der Waals surface area contributed by atoms with Gasteiger partial charge in [-0.2, -0.15) is 8.42 Å². The summed E-state index contributed by atoms with van der Waals surface area (Å²) in [5.41, 5.74) is 1.75. The summed E-state index contributed by atoms with van der Waals surface area (Å²) < 4.78 is 26.4. The van der Waals surface area contributed by atoms with E-state index in [2.05, 4.69) is 20.0 Å². The maximum absolute atomic E-state index is 12.0. The number of aryl methyl sites for hydroxylation is 1. The Labute approximate surface area is 116 Å². The Balaban J connectivity index is 2.28. The summed E-state index contributed by atoms with van der Waals surface area (Å²) in [6.45, 7) is 3.21. The summed E-state index contributed by atoms with van der Waals surface area (Å²) in [4.78, 5) is 17.3. The molecule has 3 N–H and O–H groups in total. The predicted octanol–water partition coefficient (Wildman–Crippen LogP) is 1.48. The van der Waals surface area contributed by atoms with Gasteiger partial charge in [-0.15, -0.1) is 0 Å². The van der Waals surface area contributed by atoms with Crippen molar-refractivity contribution < 1.29 is 13.2 Å². The van der Waals surface area contributed by atoms with Crippen LogP contribution >= 0.6 is 0 Å². The first-order valence-corrected chi connectivity index (χ1v) is 7.26. The third-order valence-electron chi connectivity index (χ3n) is 2.56. The topological polar surface area (TPSA) is 104 Å². The predicted molar refractivity (Wildman–Crippen MR) is 74.9 cm³/mol. The summed E-state index contributed by atoms with van der Waals surface area (Å²) in [5, 5.41) is 2.61. The smallest absolute Gasteiger partial charge is 0.278 e. The molecule has 0 radical (unpaired) electrons. The fourth-order valence-corrected chi connectivity index (χ4v) is 2.56. The number of carbonyl (C=O) groups is 1. The number of aromatic nitrogens is 2. The maximum Gasteiger partial charge on any atom is 0.278 e. The van der Waals surface area contributed by atoms with Crippen LogP contribution in [-0.2, 0) is 14.8 Å². The number of carbonyl (C=O) groups excluding carboxylic acids is 1. The highest BCUT2D eigenvalue weighted by Crippen LogP contribution is 2.22. The first-order chi connectivity index (χ1) is 9.38. The van der Waals surface area contributed by atoms with Crippen LogP contribution in [0.25, 0.3) is 0 Å². The van der Waals surface area contributed by atoms with Gasteiger partial charge in [0.05, 0.1) is 18.2 Å². The van der Waals surface area contributed by atoms with Crippen LogP contribution in [0, 0.1) is 6.92 Å². The average Bonchev–Trinajstić information content (AvgIpc) is 2.87. The van der Waals surface area contributed by atoms with Crippen LogP contribution in [0.2, 0.25) is 0 Å². The number of amides is 1. The van der Waals surface area contributed by atoms with E-state index in [4.69, 9.17) is 0 Å². The molecule has 1 amide bonds. The highest BCUT2D eigenvalue weighted by atomic mass is 32.2. The van der Waals surface area contributed by atoms with Crippen molar-refractivity contribution in [2.24, 2.45) is 0 Å². The summed E-state index contributed by atoms with van der Waals surface area (Å²) in [7, 11) is -3.71. The van der Waals surface area contributed by atoms with Gasteiger partial charge in [0.25, 0.3) is 10.0 Å². The van der Waals surface area contributed by atoms with Crippen LogP contribution in [0.1, 0.15) is 12.5 Å². The highest BCUT2D eigenvalue weighted by Gasteiger charge is 2.16. The molecule has 0 aliphatic carbocycles. The van der Waals surface area contributed by atoms with Gasteiger partial charge in [-0.3, -0.25) is 9.52 Å². The zero-order chi connectivity index (χ0) is 14.8. The molecule has 106 valence electrons. The van der Waals surface area contributed by atoms with E-state index in [1.165, 1.54) is 19.4 Å². The molecule has 2 aromatic rings. The first-order valence-electron chi connectivity index (χ1n) is 5.78. The van der Waals surface area contributed by atoms with Crippen molar-refractivity contribution in [3.05, 3.63) is 36.3 Å². The lowest BCUT2D eigenvalue weighted by Crippen LogP contribution is -2.14. The fraction of sp³-hybridized carbons (Fsp3) is 0.167. The van der Waals surface area contributed by atoms with E-state index in [0.717, 1.165) is 5.56 Å². The Morgan fingerprint density at radius 2 is 2.10 bits per heavy atom. The molecule has 2 rings (SSSR count). The molecule has 0 atom stereocenters. The quantitative estimate of drug-likeness (QED) is 0.794. The largest absolute Gasteiger partial charge is 0.334 e. The summed E-state index contributed by atoms with van der Waals surface area (Å²) in [5.74, 6) is -0.221. The van der Waals surface area contributed by atoms with Gasteiger partial charge in [0.1, 0.15) is 0 Å². The van der Waals surface area contributed by atoms with Crippen LogP contribution in [-0.4, -0.2) is 24.3 Å². The molecular formula is C12H14N4O3S. The minimum atomic E-state index is -3.71. The molecule has 0 saturated carbocycles. The third-order valence-corrected chi connectivity index (χ3v) is 3.87. The van der Waals surface area contributed by atoms with Gasteiger partial charge >= 0.3 is 0 Å². The van der Waals surface area contributed by atoms with Crippen LogP contribution in [0.3, 0.4) is 0 Å². The molecule has 7 nitrogen and oxygen atoms in total. The van der Waals surface area contributed by atoms with Gasteiger partial charge < -0.3 is 10.3 Å². The number of aromatic amines is 1. The van der Waals surface area contributed by atoms with Crippen molar-refractivity contribution in [2.75, 3.05) is 10.0 Å². The lowest BCUT2D eigenvalue weighted by Gasteiger charge is -2.11. The molecular weight excluding hydrogens is 280 g/mol. The Morgan fingerprint density at radius 3 is 2.70 bits per heavy atom. The van der Waals surface area contributed by atoms with Crippen LogP contribution in [0.5, 0.6) is 0 Å². The van der Waals surface area contributed by atoms with E-state index in [0.29, 0.717) is 11.4 Å². The minimum Gasteiger partial charge on any atom is -0.334 e. The third kappa shape index (κ3) is 3.15. The second-order valence-corrected chi connectivity index (χ2v) is 5.88. The maximum atomic E-state index is 12.0. The number of imidazole rings is 1. The summed E-state index contributed by atoms with van der Waals surface area (Å²) in [6.07, 6.45) is 2.50. The van der Waals surface area contributed by atoms with Crippen molar-refractivity contribution >= 4 is 27.3 Å². The lowest BCUT2D eigenvalue weighted by molar-refractivity contribution is -0.114. The number of hydrogen-bond acceptors (Lipinski definition) is 4. The number of sulfonamides is 1. The Bertz CT molecular complexity index is 723. The van der Waals surface area contributed by atoms with E-state index in [9.17, 15) is 13.2 Å². The van der Waals surface area contributed by atoms with Gasteiger partial charge in [-0.1, -0.05) is 6.07 Å². The normalized spacial score (nSPS) is 11.1. The number of hydrogen-bond donors (Lipinski definition) is 3. The fourth-order valence-electron chi connectivity index (χ4n) is 1.61. The molecule has 0 fully saturated rings. The van der Waals surface area contributed by atoms with Crippen molar-refractivity contribution in [1.29, 1.82) is 0 Å². The van der Waals surface area contributed by atoms with Crippen molar-refractivity contribution in [1.82, 2.24) is 9.97 Å². The molecule has 0 aliphatic rings. The molecule has 1 aromatic carbocycles. The molecule has 0 bridgehead atoms. The monoisotopic (exact) mass is 294 g/mol. The zero-order valence-corrected chi connectivity index (χ0v) is 11.8. The molecule has 1 heterocycles. The molecule has 0 spiro atoms. The number of nitrogens with zero attached hydrogens (tertiary/aromatic N) is 1. The Kier molecular flexibility index (Phi) is 3.75. The second-order valence-electron chi connectivity index (χ2n) is 4.23. The van der Waals surface area contributed by atoms with Gasteiger partial charge in [0.2, 0.25) is 5.91 Å². The van der Waals surface area contributed by atoms with Crippen molar-refractivity contribution in [3.8, 4) is 0 Å². The average molecular weight is 294 g/mol. The van der Waals surface area contributed by atoms with Gasteiger partial charge in [-0.25, -0.2) is 4.98 Å². The van der Waals surface area contributed by atoms with Gasteiger partial charge in [-0.05, 0) is 24.6 Å². The van der Waals surface area contributed by atoms with Crippen LogP contribution in [0.4, 0.5) is 11.4 Å². The number of nitrogens with one attached hydrogen (secondary N) is 3. The van der Waals surface area contributed by atoms with E-state index in [1.807, 2.05) is 6.92 Å². The van der Waals surface area contributed by atoms with Crippen molar-refractivity contribution in [3.63, 3.8) is 0 Å². The molecule has 0 aliphatic heterocycles. The van der Waals surface area contributed by atoms with Gasteiger partial charge in [0.15, 0.2) is 5.03 Å².